The molecule has 1 fully saturated rings. The van der Waals surface area contributed by atoms with Crippen LogP contribution in [0.5, 0.6) is 11.5 Å². The third kappa shape index (κ3) is 7.27. The number of benzene rings is 1. The van der Waals surface area contributed by atoms with Crippen molar-refractivity contribution in [1.29, 1.82) is 0 Å². The highest BCUT2D eigenvalue weighted by molar-refractivity contribution is 5.88. The Morgan fingerprint density at radius 1 is 1.17 bits per heavy atom. The maximum absolute atomic E-state index is 12.9. The summed E-state index contributed by atoms with van der Waals surface area (Å²) in [7, 11) is 0. The van der Waals surface area contributed by atoms with Crippen molar-refractivity contribution in [3.8, 4) is 11.5 Å². The molecule has 0 aliphatic carbocycles. The van der Waals surface area contributed by atoms with Crippen molar-refractivity contribution in [1.82, 2.24) is 15.2 Å². The number of hydrogen-bond donors (Lipinski definition) is 2. The molecular weight excluding hydrogens is 500 g/mol. The molecular formula is C24H28ClF2N3O6. The Morgan fingerprint density at radius 2 is 1.89 bits per heavy atom. The lowest BCUT2D eigenvalue weighted by Crippen LogP contribution is -2.45. The highest BCUT2D eigenvalue weighted by atomic mass is 35.5. The van der Waals surface area contributed by atoms with Crippen LogP contribution in [0.4, 0.5) is 8.78 Å². The minimum absolute atomic E-state index is 0. The lowest BCUT2D eigenvalue weighted by Gasteiger charge is -2.22. The molecule has 1 aliphatic rings. The van der Waals surface area contributed by atoms with Crippen LogP contribution in [0, 0.1) is 0 Å². The topological polar surface area (TPSA) is 118 Å². The third-order valence-electron chi connectivity index (χ3n) is 5.50. The molecule has 2 heterocycles. The van der Waals surface area contributed by atoms with Gasteiger partial charge < -0.3 is 24.8 Å². The first kappa shape index (κ1) is 28.8. The molecule has 1 aromatic heterocycles. The molecule has 0 saturated carbocycles. The summed E-state index contributed by atoms with van der Waals surface area (Å²) in [6, 6.07) is 8.33. The molecule has 9 nitrogen and oxygen atoms in total. The Labute approximate surface area is 213 Å². The van der Waals surface area contributed by atoms with Crippen LogP contribution in [0.1, 0.15) is 54.9 Å². The van der Waals surface area contributed by atoms with Crippen molar-refractivity contribution >= 4 is 30.2 Å². The number of likely N-dealkylation sites (tertiary alicyclic amines) is 1. The van der Waals surface area contributed by atoms with Crippen LogP contribution in [0.2, 0.25) is 0 Å². The van der Waals surface area contributed by atoms with E-state index in [0.717, 1.165) is 5.56 Å². The summed E-state index contributed by atoms with van der Waals surface area (Å²) in [5, 5.41) is 11.8. The number of pyridine rings is 1. The minimum atomic E-state index is -3.01. The Kier molecular flexibility index (Phi) is 9.97. The molecule has 1 aliphatic heterocycles. The molecule has 3 rings (SSSR count). The van der Waals surface area contributed by atoms with Gasteiger partial charge in [0.15, 0.2) is 11.5 Å². The Morgan fingerprint density at radius 3 is 2.50 bits per heavy atom. The van der Waals surface area contributed by atoms with E-state index >= 15 is 0 Å². The number of amides is 2. The fraction of sp³-hybridized carbons (Fsp3) is 0.417. The molecule has 2 amide bonds. The summed E-state index contributed by atoms with van der Waals surface area (Å²) in [6.07, 6.45) is 0.0267. The monoisotopic (exact) mass is 527 g/mol. The normalized spacial score (nSPS) is 17.0. The van der Waals surface area contributed by atoms with Gasteiger partial charge >= 0.3 is 12.6 Å². The number of aromatic nitrogens is 1. The van der Waals surface area contributed by atoms with E-state index in [1.165, 1.54) is 30.0 Å². The van der Waals surface area contributed by atoms with E-state index in [1.54, 1.807) is 32.0 Å². The second-order valence-electron chi connectivity index (χ2n) is 8.41. The van der Waals surface area contributed by atoms with Crippen molar-refractivity contribution in [2.75, 3.05) is 6.54 Å². The van der Waals surface area contributed by atoms with Gasteiger partial charge in [-0.2, -0.15) is 8.78 Å². The number of nitrogens with zero attached hydrogens (tertiary/aromatic N) is 2. The average molecular weight is 528 g/mol. The number of carboxylic acid groups (broad SMARTS) is 1. The number of carbonyl (C=O) groups is 3. The lowest BCUT2D eigenvalue weighted by molar-refractivity contribution is -0.136. The van der Waals surface area contributed by atoms with Crippen LogP contribution < -0.4 is 14.8 Å². The molecule has 36 heavy (non-hydrogen) atoms. The van der Waals surface area contributed by atoms with Gasteiger partial charge in [-0.25, -0.2) is 9.78 Å². The molecule has 1 aromatic carbocycles. The van der Waals surface area contributed by atoms with E-state index in [-0.39, 0.29) is 60.6 Å². The number of rotatable bonds is 9. The first-order valence-electron chi connectivity index (χ1n) is 11.0. The summed E-state index contributed by atoms with van der Waals surface area (Å²) in [6.45, 7) is 2.14. The Bertz CT molecular complexity index is 1100. The van der Waals surface area contributed by atoms with Crippen LogP contribution in [0.25, 0.3) is 0 Å². The molecule has 0 bridgehead atoms. The van der Waals surface area contributed by atoms with Crippen LogP contribution in [0.3, 0.4) is 0 Å². The highest BCUT2D eigenvalue weighted by Gasteiger charge is 2.39. The van der Waals surface area contributed by atoms with Gasteiger partial charge in [-0.05, 0) is 50.1 Å². The first-order chi connectivity index (χ1) is 16.5. The second kappa shape index (κ2) is 12.5. The Balaban J connectivity index is 0.00000456. The van der Waals surface area contributed by atoms with E-state index in [9.17, 15) is 23.2 Å². The van der Waals surface area contributed by atoms with E-state index in [0.29, 0.717) is 12.1 Å². The van der Waals surface area contributed by atoms with Crippen molar-refractivity contribution in [2.45, 2.75) is 58.4 Å². The molecule has 0 spiro atoms. The zero-order valence-electron chi connectivity index (χ0n) is 19.9. The molecule has 1 saturated heterocycles. The van der Waals surface area contributed by atoms with Gasteiger partial charge in [-0.1, -0.05) is 12.1 Å². The number of hydrogen-bond acceptors (Lipinski definition) is 6. The molecule has 196 valence electrons. The zero-order valence-corrected chi connectivity index (χ0v) is 20.8. The van der Waals surface area contributed by atoms with Crippen molar-refractivity contribution in [2.24, 2.45) is 0 Å². The summed E-state index contributed by atoms with van der Waals surface area (Å²) in [4.78, 5) is 41.7. The SMILES string of the molecule is CC(=O)N1CC(c2ccc(OC(F)F)c(OC(C)C)c2)C[C@@H]1C(=O)NCc1cccc(C(=O)O)n1.Cl. The van der Waals surface area contributed by atoms with Gasteiger partial charge in [0.2, 0.25) is 11.8 Å². The number of aromatic carboxylic acids is 1. The van der Waals surface area contributed by atoms with Gasteiger partial charge in [-0.3, -0.25) is 9.59 Å². The predicted octanol–water partition coefficient (Wildman–Crippen LogP) is 3.61. The maximum Gasteiger partial charge on any atom is 0.387 e. The number of ether oxygens (including phenoxy) is 2. The summed E-state index contributed by atoms with van der Waals surface area (Å²) in [5.74, 6) is -2.03. The fourth-order valence-corrected chi connectivity index (χ4v) is 3.98. The highest BCUT2D eigenvalue weighted by Crippen LogP contribution is 2.38. The van der Waals surface area contributed by atoms with Crippen molar-refractivity contribution < 1.29 is 37.7 Å². The van der Waals surface area contributed by atoms with E-state index in [4.69, 9.17) is 9.84 Å². The van der Waals surface area contributed by atoms with Gasteiger partial charge in [0.05, 0.1) is 18.3 Å². The van der Waals surface area contributed by atoms with Gasteiger partial charge in [0.25, 0.3) is 0 Å². The minimum Gasteiger partial charge on any atom is -0.487 e. The van der Waals surface area contributed by atoms with Crippen LogP contribution in [-0.4, -0.2) is 58.1 Å². The van der Waals surface area contributed by atoms with Crippen LogP contribution in [0.15, 0.2) is 36.4 Å². The second-order valence-corrected chi connectivity index (χ2v) is 8.41. The van der Waals surface area contributed by atoms with Gasteiger partial charge in [0.1, 0.15) is 11.7 Å². The number of carbonyl (C=O) groups excluding carboxylic acids is 2. The molecule has 2 aromatic rings. The number of alkyl halides is 2. The molecule has 1 unspecified atom stereocenters. The standard InChI is InChI=1S/C24H27F2N3O6.ClH/c1-13(2)34-21-10-15(7-8-20(21)35-24(25)26)16-9-19(29(12-16)14(3)30)22(31)27-11-17-5-4-6-18(28-17)23(32)33;/h4-8,10,13,16,19,24H,9,11-12H2,1-3H3,(H,27,31)(H,32,33);1H/t16?,19-;/m1./s1. The van der Waals surface area contributed by atoms with Crippen LogP contribution >= 0.6 is 12.4 Å². The van der Waals surface area contributed by atoms with E-state index in [2.05, 4.69) is 15.0 Å². The molecule has 2 N–H and O–H groups in total. The molecule has 2 atom stereocenters. The maximum atomic E-state index is 12.9. The molecule has 0 radical (unpaired) electrons. The smallest absolute Gasteiger partial charge is 0.387 e. The van der Waals surface area contributed by atoms with Gasteiger partial charge in [0, 0.05) is 19.4 Å². The van der Waals surface area contributed by atoms with Gasteiger partial charge in [-0.15, -0.1) is 12.4 Å². The lowest BCUT2D eigenvalue weighted by atomic mass is 9.95. The predicted molar refractivity (Wildman–Crippen MR) is 128 cm³/mol. The summed E-state index contributed by atoms with van der Waals surface area (Å²) < 4.78 is 35.7. The summed E-state index contributed by atoms with van der Waals surface area (Å²) in [5.41, 5.74) is 0.952. The van der Waals surface area contributed by atoms with Crippen molar-refractivity contribution in [3.05, 3.63) is 53.3 Å². The van der Waals surface area contributed by atoms with E-state index in [1.807, 2.05) is 0 Å². The fourth-order valence-electron chi connectivity index (χ4n) is 3.98. The zero-order chi connectivity index (χ0) is 25.7. The average Bonchev–Trinajstić information content (AvgIpc) is 3.24. The first-order valence-corrected chi connectivity index (χ1v) is 11.0. The number of carboxylic acids is 1. The van der Waals surface area contributed by atoms with Crippen LogP contribution in [-0.2, 0) is 16.1 Å². The van der Waals surface area contributed by atoms with Crippen molar-refractivity contribution in [3.63, 3.8) is 0 Å². The number of nitrogens with one attached hydrogen (secondary N) is 1. The third-order valence-corrected chi connectivity index (χ3v) is 5.50. The summed E-state index contributed by atoms with van der Waals surface area (Å²) >= 11 is 0. The Hall–Kier alpha value is -3.47. The molecule has 12 heteroatoms. The largest absolute Gasteiger partial charge is 0.487 e. The quantitative estimate of drug-likeness (QED) is 0.511. The number of halogens is 3. The van der Waals surface area contributed by atoms with E-state index < -0.39 is 24.5 Å².